The molecule has 5 rings (SSSR count). The lowest BCUT2D eigenvalue weighted by atomic mass is 10.1. The number of nitrogens with zero attached hydrogens (tertiary/aromatic N) is 3. The molecule has 0 aromatic heterocycles. The first-order valence-corrected chi connectivity index (χ1v) is 14.2. The van der Waals surface area contributed by atoms with E-state index in [1.54, 1.807) is 19.3 Å². The highest BCUT2D eigenvalue weighted by atomic mass is 127. The highest BCUT2D eigenvalue weighted by Crippen LogP contribution is 2.35. The number of amides is 1. The zero-order valence-electron chi connectivity index (χ0n) is 21.7. The Labute approximate surface area is 249 Å². The Balaban J connectivity index is 1.27. The Hall–Kier alpha value is -3.84. The van der Waals surface area contributed by atoms with Crippen molar-refractivity contribution in [3.05, 3.63) is 87.0 Å². The maximum Gasteiger partial charge on any atom is 0.283 e. The van der Waals surface area contributed by atoms with E-state index < -0.39 is 5.91 Å². The number of amidine groups is 2. The molecule has 1 N–H and O–H groups in total. The Morgan fingerprint density at radius 2 is 1.77 bits per heavy atom. The molecule has 3 aromatic rings. The van der Waals surface area contributed by atoms with E-state index in [1.165, 1.54) is 16.8 Å². The van der Waals surface area contributed by atoms with Crippen molar-refractivity contribution in [2.75, 3.05) is 26.9 Å². The number of aryl methyl sites for hydroxylation is 1. The third-order valence-corrected chi connectivity index (χ3v) is 7.44. The van der Waals surface area contributed by atoms with Gasteiger partial charge in [0.1, 0.15) is 36.4 Å². The van der Waals surface area contributed by atoms with E-state index in [0.29, 0.717) is 46.2 Å². The molecule has 9 nitrogen and oxygen atoms in total. The summed E-state index contributed by atoms with van der Waals surface area (Å²) in [7, 11) is 1.55. The Morgan fingerprint density at radius 3 is 2.55 bits per heavy atom. The van der Waals surface area contributed by atoms with E-state index in [2.05, 4.69) is 32.7 Å². The number of nitrogens with one attached hydrogen (secondary N) is 1. The van der Waals surface area contributed by atoms with Crippen molar-refractivity contribution in [3.8, 4) is 23.0 Å². The van der Waals surface area contributed by atoms with E-state index in [4.69, 9.17) is 24.4 Å². The molecule has 3 aromatic carbocycles. The largest absolute Gasteiger partial charge is 0.493 e. The second kappa shape index (κ2) is 12.6. The minimum absolute atomic E-state index is 0.0557. The van der Waals surface area contributed by atoms with E-state index in [0.717, 1.165) is 14.9 Å². The van der Waals surface area contributed by atoms with Crippen molar-refractivity contribution in [3.63, 3.8) is 0 Å². The van der Waals surface area contributed by atoms with Crippen LogP contribution in [0.1, 0.15) is 11.1 Å². The zero-order valence-corrected chi connectivity index (χ0v) is 24.7. The quantitative estimate of drug-likeness (QED) is 0.166. The van der Waals surface area contributed by atoms with Crippen LogP contribution in [0.25, 0.3) is 6.08 Å². The summed E-state index contributed by atoms with van der Waals surface area (Å²) in [6, 6.07) is 20.8. The van der Waals surface area contributed by atoms with Gasteiger partial charge < -0.3 is 18.9 Å². The molecule has 0 aliphatic carbocycles. The lowest BCUT2D eigenvalue weighted by molar-refractivity contribution is -0.114. The van der Waals surface area contributed by atoms with Gasteiger partial charge in [-0.2, -0.15) is 15.1 Å². The maximum absolute atomic E-state index is 12.9. The van der Waals surface area contributed by atoms with Crippen LogP contribution in [0.3, 0.4) is 0 Å². The highest BCUT2D eigenvalue weighted by Gasteiger charge is 2.35. The monoisotopic (exact) mass is 668 g/mol. The maximum atomic E-state index is 12.9. The van der Waals surface area contributed by atoms with Crippen LogP contribution in [0.2, 0.25) is 0 Å². The van der Waals surface area contributed by atoms with Gasteiger partial charge in [0.2, 0.25) is 5.17 Å². The van der Waals surface area contributed by atoms with Crippen LogP contribution in [0.4, 0.5) is 0 Å². The van der Waals surface area contributed by atoms with Crippen LogP contribution in [0.15, 0.2) is 82.4 Å². The molecule has 0 radical (unpaired) electrons. The highest BCUT2D eigenvalue weighted by molar-refractivity contribution is 14.1. The SMILES string of the molecule is COc1cc(/C=C2/C(=N)N3N=C(COc4ccccc4)SC3=NC2=O)cc(I)c1OCCOc1cccc(C)c1. The number of carbonyl (C=O) groups excluding carboxylic acids is 1. The van der Waals surface area contributed by atoms with Gasteiger partial charge >= 0.3 is 0 Å². The van der Waals surface area contributed by atoms with Gasteiger partial charge in [0.05, 0.1) is 16.3 Å². The van der Waals surface area contributed by atoms with Crippen molar-refractivity contribution in [1.29, 1.82) is 5.41 Å². The second-order valence-electron chi connectivity index (χ2n) is 8.66. The summed E-state index contributed by atoms with van der Waals surface area (Å²) in [5.41, 5.74) is 1.91. The van der Waals surface area contributed by atoms with Gasteiger partial charge in [0.25, 0.3) is 5.91 Å². The summed E-state index contributed by atoms with van der Waals surface area (Å²) in [5.74, 6) is 2.01. The summed E-state index contributed by atoms with van der Waals surface area (Å²) >= 11 is 3.37. The first-order valence-electron chi connectivity index (χ1n) is 12.3. The third kappa shape index (κ3) is 6.48. The van der Waals surface area contributed by atoms with Gasteiger partial charge in [-0.05, 0) is 94.9 Å². The number of carbonyl (C=O) groups is 1. The molecule has 11 heteroatoms. The fraction of sp³-hybridized carbons (Fsp3) is 0.172. The standard InChI is InChI=1S/C29H25IN4O5S/c1-18-7-6-10-21(13-18)37-11-12-38-26-23(30)15-19(16-24(26)36-2)14-22-27(31)34-29(32-28(22)35)40-25(33-34)17-39-20-8-4-3-5-9-20/h3-10,13-16,31H,11-12,17H2,1-2H3/b22-14-,31-27?. The third-order valence-electron chi connectivity index (χ3n) is 5.75. The van der Waals surface area contributed by atoms with E-state index in [1.807, 2.05) is 67.6 Å². The van der Waals surface area contributed by atoms with E-state index >= 15 is 0 Å². The van der Waals surface area contributed by atoms with Crippen molar-refractivity contribution in [2.24, 2.45) is 10.1 Å². The number of methoxy groups -OCH3 is 1. The summed E-state index contributed by atoms with van der Waals surface area (Å²) in [5, 5.41) is 15.4. The van der Waals surface area contributed by atoms with Crippen molar-refractivity contribution < 1.29 is 23.7 Å². The summed E-state index contributed by atoms with van der Waals surface area (Å²) in [6.45, 7) is 2.91. The molecule has 0 saturated carbocycles. The van der Waals surface area contributed by atoms with Crippen molar-refractivity contribution in [2.45, 2.75) is 6.92 Å². The van der Waals surface area contributed by atoms with Crippen LogP contribution < -0.4 is 18.9 Å². The number of para-hydroxylation sites is 1. The van der Waals surface area contributed by atoms with E-state index in [9.17, 15) is 4.79 Å². The number of fused-ring (bicyclic) bond motifs is 1. The Bertz CT molecular complexity index is 1540. The molecule has 0 unspecified atom stereocenters. The van der Waals surface area contributed by atoms with Gasteiger partial charge in [-0.3, -0.25) is 10.2 Å². The number of aliphatic imine (C=N–C) groups is 1. The average Bonchev–Trinajstić information content (AvgIpc) is 3.36. The van der Waals surface area contributed by atoms with E-state index in [-0.39, 0.29) is 18.0 Å². The van der Waals surface area contributed by atoms with Crippen LogP contribution in [-0.2, 0) is 4.79 Å². The predicted molar refractivity (Wildman–Crippen MR) is 165 cm³/mol. The fourth-order valence-corrected chi connectivity index (χ4v) is 5.47. The molecular formula is C29H25IN4O5S. The zero-order chi connectivity index (χ0) is 28.1. The molecule has 204 valence electrons. The lowest BCUT2D eigenvalue weighted by Gasteiger charge is -2.20. The van der Waals surface area contributed by atoms with Crippen LogP contribution in [0, 0.1) is 15.9 Å². The molecule has 0 fully saturated rings. The number of hydrogen-bond donors (Lipinski definition) is 1. The van der Waals surface area contributed by atoms with Crippen LogP contribution in [0.5, 0.6) is 23.0 Å². The fourth-order valence-electron chi connectivity index (χ4n) is 3.89. The lowest BCUT2D eigenvalue weighted by Crippen LogP contribution is -2.35. The molecule has 40 heavy (non-hydrogen) atoms. The number of thioether (sulfide) groups is 1. The first kappa shape index (κ1) is 27.7. The second-order valence-corrected chi connectivity index (χ2v) is 10.9. The summed E-state index contributed by atoms with van der Waals surface area (Å²) in [4.78, 5) is 17.0. The molecule has 0 atom stereocenters. The average molecular weight is 669 g/mol. The predicted octanol–water partition coefficient (Wildman–Crippen LogP) is 5.76. The Morgan fingerprint density at radius 1 is 1.00 bits per heavy atom. The number of rotatable bonds is 10. The van der Waals surface area contributed by atoms with Gasteiger partial charge in [-0.15, -0.1) is 0 Å². The normalized spacial score (nSPS) is 15.5. The smallest absolute Gasteiger partial charge is 0.283 e. The van der Waals surface area contributed by atoms with Gasteiger partial charge in [0.15, 0.2) is 17.3 Å². The molecule has 0 bridgehead atoms. The van der Waals surface area contributed by atoms with Gasteiger partial charge in [0, 0.05) is 0 Å². The summed E-state index contributed by atoms with van der Waals surface area (Å²) in [6.07, 6.45) is 1.61. The number of halogens is 1. The minimum atomic E-state index is -0.508. The Kier molecular flexibility index (Phi) is 8.70. The van der Waals surface area contributed by atoms with Crippen molar-refractivity contribution in [1.82, 2.24) is 5.01 Å². The topological polar surface area (TPSA) is 106 Å². The molecule has 2 heterocycles. The molecule has 2 aliphatic rings. The number of hydrazone groups is 1. The van der Waals surface area contributed by atoms with Crippen molar-refractivity contribution >= 4 is 62.4 Å². The molecule has 2 aliphatic heterocycles. The number of hydrogen-bond acceptors (Lipinski definition) is 8. The minimum Gasteiger partial charge on any atom is -0.493 e. The molecular weight excluding hydrogens is 643 g/mol. The van der Waals surface area contributed by atoms with Gasteiger partial charge in [-0.25, -0.2) is 0 Å². The van der Waals surface area contributed by atoms with Gasteiger partial charge in [-0.1, -0.05) is 30.3 Å². The van der Waals surface area contributed by atoms with Crippen LogP contribution in [-0.4, -0.2) is 53.9 Å². The molecule has 1 amide bonds. The van der Waals surface area contributed by atoms with Crippen LogP contribution >= 0.6 is 34.4 Å². The number of ether oxygens (including phenoxy) is 4. The first-order chi connectivity index (χ1) is 19.4. The summed E-state index contributed by atoms with van der Waals surface area (Å²) < 4.78 is 23.9. The number of benzene rings is 3. The molecule has 0 saturated heterocycles. The molecule has 0 spiro atoms.